The van der Waals surface area contributed by atoms with Gasteiger partial charge in [-0.05, 0) is 36.8 Å². The highest BCUT2D eigenvalue weighted by Gasteiger charge is 2.07. The second-order valence-corrected chi connectivity index (χ2v) is 5.45. The molecule has 0 bridgehead atoms. The summed E-state index contributed by atoms with van der Waals surface area (Å²) in [6.07, 6.45) is 1.26. The number of carbonyl (C=O) groups excluding carboxylic acids is 2. The molecule has 0 aromatic heterocycles. The van der Waals surface area contributed by atoms with Crippen molar-refractivity contribution >= 4 is 23.7 Å². The molecule has 0 aliphatic heterocycles. The van der Waals surface area contributed by atoms with Gasteiger partial charge in [0.05, 0.1) is 6.21 Å². The number of aryl methyl sites for hydroxylation is 1. The molecular formula is C18H19N3O4. The summed E-state index contributed by atoms with van der Waals surface area (Å²) < 4.78 is 0. The van der Waals surface area contributed by atoms with Crippen molar-refractivity contribution in [3.63, 3.8) is 0 Å². The summed E-state index contributed by atoms with van der Waals surface area (Å²) in [4.78, 5) is 23.5. The summed E-state index contributed by atoms with van der Waals surface area (Å²) in [5.74, 6) is -0.913. The maximum Gasteiger partial charge on any atom is 0.240 e. The van der Waals surface area contributed by atoms with E-state index in [0.29, 0.717) is 11.3 Å². The van der Waals surface area contributed by atoms with E-state index in [1.165, 1.54) is 24.4 Å². The molecule has 7 nitrogen and oxygen atoms in total. The van der Waals surface area contributed by atoms with Crippen molar-refractivity contribution in [2.24, 2.45) is 5.10 Å². The van der Waals surface area contributed by atoms with E-state index in [1.54, 1.807) is 6.07 Å². The van der Waals surface area contributed by atoms with Crippen LogP contribution in [0.4, 0.5) is 5.69 Å². The van der Waals surface area contributed by atoms with Crippen molar-refractivity contribution in [3.8, 4) is 11.5 Å². The second-order valence-electron chi connectivity index (χ2n) is 5.45. The number of hydrazone groups is 1. The number of hydrogen-bond donors (Lipinski definition) is 4. The lowest BCUT2D eigenvalue weighted by Crippen LogP contribution is -2.20. The predicted molar refractivity (Wildman–Crippen MR) is 94.6 cm³/mol. The van der Waals surface area contributed by atoms with Crippen LogP contribution >= 0.6 is 0 Å². The third-order valence-corrected chi connectivity index (χ3v) is 3.29. The van der Waals surface area contributed by atoms with Gasteiger partial charge in [-0.1, -0.05) is 12.1 Å². The minimum absolute atomic E-state index is 0.0173. The van der Waals surface area contributed by atoms with Gasteiger partial charge in [-0.15, -0.1) is 0 Å². The monoisotopic (exact) mass is 341 g/mol. The number of nitrogens with one attached hydrogen (secondary N) is 2. The van der Waals surface area contributed by atoms with Crippen molar-refractivity contribution in [3.05, 3.63) is 53.6 Å². The van der Waals surface area contributed by atoms with Gasteiger partial charge in [-0.3, -0.25) is 9.59 Å². The number of carbonyl (C=O) groups is 2. The Bertz CT molecular complexity index is 803. The van der Waals surface area contributed by atoms with Crippen LogP contribution in [0.3, 0.4) is 0 Å². The van der Waals surface area contributed by atoms with Gasteiger partial charge in [-0.25, -0.2) is 5.43 Å². The van der Waals surface area contributed by atoms with E-state index in [1.807, 2.05) is 25.1 Å². The number of phenols is 2. The fourth-order valence-electron chi connectivity index (χ4n) is 2.04. The molecule has 25 heavy (non-hydrogen) atoms. The highest BCUT2D eigenvalue weighted by molar-refractivity contribution is 5.93. The van der Waals surface area contributed by atoms with Gasteiger partial charge in [0.15, 0.2) is 0 Å². The Morgan fingerprint density at radius 2 is 1.84 bits per heavy atom. The van der Waals surface area contributed by atoms with E-state index in [2.05, 4.69) is 15.8 Å². The molecule has 2 aromatic rings. The standard InChI is InChI=1S/C18H19N3O4/c1-12-3-2-4-14(9-12)20-17(24)7-8-18(25)21-19-11-13-5-6-15(22)10-16(13)23/h2-6,9-11,22-23H,7-8H2,1H3,(H,20,24)(H,21,25)/b19-11+. The molecule has 0 fully saturated rings. The van der Waals surface area contributed by atoms with Crippen LogP contribution in [-0.2, 0) is 9.59 Å². The number of phenolic OH excluding ortho intramolecular Hbond substituents is 2. The first-order valence-electron chi connectivity index (χ1n) is 7.64. The smallest absolute Gasteiger partial charge is 0.240 e. The molecule has 2 rings (SSSR count). The summed E-state index contributed by atoms with van der Waals surface area (Å²) in [7, 11) is 0. The molecule has 0 saturated heterocycles. The van der Waals surface area contributed by atoms with E-state index < -0.39 is 5.91 Å². The molecule has 7 heteroatoms. The summed E-state index contributed by atoms with van der Waals surface area (Å²) in [6.45, 7) is 1.92. The number of hydrogen-bond acceptors (Lipinski definition) is 5. The zero-order chi connectivity index (χ0) is 18.2. The minimum atomic E-state index is -0.422. The molecule has 4 N–H and O–H groups in total. The van der Waals surface area contributed by atoms with Gasteiger partial charge >= 0.3 is 0 Å². The topological polar surface area (TPSA) is 111 Å². The number of aromatic hydroxyl groups is 2. The predicted octanol–water partition coefficient (Wildman–Crippen LogP) is 2.28. The molecule has 0 spiro atoms. The molecule has 0 heterocycles. The summed E-state index contributed by atoms with van der Waals surface area (Å²) in [6, 6.07) is 11.4. The largest absolute Gasteiger partial charge is 0.508 e. The Labute approximate surface area is 145 Å². The zero-order valence-electron chi connectivity index (χ0n) is 13.7. The van der Waals surface area contributed by atoms with Crippen LogP contribution in [0.25, 0.3) is 0 Å². The van der Waals surface area contributed by atoms with Crippen LogP contribution in [-0.4, -0.2) is 28.2 Å². The van der Waals surface area contributed by atoms with Gasteiger partial charge < -0.3 is 15.5 Å². The molecule has 130 valence electrons. The Morgan fingerprint density at radius 1 is 1.08 bits per heavy atom. The van der Waals surface area contributed by atoms with Crippen molar-refractivity contribution in [2.75, 3.05) is 5.32 Å². The first-order valence-corrected chi connectivity index (χ1v) is 7.64. The third-order valence-electron chi connectivity index (χ3n) is 3.29. The van der Waals surface area contributed by atoms with E-state index in [0.717, 1.165) is 5.56 Å². The van der Waals surface area contributed by atoms with E-state index >= 15 is 0 Å². The number of nitrogens with zero attached hydrogens (tertiary/aromatic N) is 1. The van der Waals surface area contributed by atoms with E-state index in [4.69, 9.17) is 0 Å². The fourth-order valence-corrected chi connectivity index (χ4v) is 2.04. The van der Waals surface area contributed by atoms with E-state index in [9.17, 15) is 19.8 Å². The van der Waals surface area contributed by atoms with Gasteiger partial charge in [0, 0.05) is 30.2 Å². The Balaban J connectivity index is 1.76. The molecule has 2 aromatic carbocycles. The highest BCUT2D eigenvalue weighted by Crippen LogP contribution is 2.20. The second kappa shape index (κ2) is 8.49. The Kier molecular flexibility index (Phi) is 6.11. The van der Waals surface area contributed by atoms with Crippen LogP contribution in [0.5, 0.6) is 11.5 Å². The minimum Gasteiger partial charge on any atom is -0.508 e. The Morgan fingerprint density at radius 3 is 2.56 bits per heavy atom. The normalized spacial score (nSPS) is 10.6. The van der Waals surface area contributed by atoms with Crippen molar-refractivity contribution in [1.29, 1.82) is 0 Å². The quantitative estimate of drug-likeness (QED) is 0.477. The first-order chi connectivity index (χ1) is 11.9. The van der Waals surface area contributed by atoms with Crippen LogP contribution < -0.4 is 10.7 Å². The van der Waals surface area contributed by atoms with Crippen molar-refractivity contribution in [1.82, 2.24) is 5.43 Å². The number of rotatable bonds is 6. The summed E-state index contributed by atoms with van der Waals surface area (Å²) in [5, 5.41) is 25.2. The zero-order valence-corrected chi connectivity index (χ0v) is 13.7. The SMILES string of the molecule is Cc1cccc(NC(=O)CCC(=O)N/N=C/c2ccc(O)cc2O)c1. The maximum absolute atomic E-state index is 11.8. The maximum atomic E-state index is 11.8. The lowest BCUT2D eigenvalue weighted by atomic mass is 10.2. The molecule has 0 saturated carbocycles. The van der Waals surface area contributed by atoms with Crippen LogP contribution in [0.2, 0.25) is 0 Å². The molecule has 2 amide bonds. The first kappa shape index (κ1) is 18.0. The summed E-state index contributed by atoms with van der Waals surface area (Å²) >= 11 is 0. The molecular weight excluding hydrogens is 322 g/mol. The lowest BCUT2D eigenvalue weighted by molar-refractivity contribution is -0.124. The fraction of sp³-hybridized carbons (Fsp3) is 0.167. The Hall–Kier alpha value is -3.35. The molecule has 0 atom stereocenters. The molecule has 0 aliphatic rings. The van der Waals surface area contributed by atoms with Gasteiger partial charge in [-0.2, -0.15) is 5.10 Å². The third kappa shape index (κ3) is 5.98. The number of amides is 2. The highest BCUT2D eigenvalue weighted by atomic mass is 16.3. The van der Waals surface area contributed by atoms with Gasteiger partial charge in [0.1, 0.15) is 11.5 Å². The average Bonchev–Trinajstić information content (AvgIpc) is 2.55. The molecule has 0 radical (unpaired) electrons. The van der Waals surface area contributed by atoms with Crippen molar-refractivity contribution < 1.29 is 19.8 Å². The van der Waals surface area contributed by atoms with Crippen LogP contribution in [0.1, 0.15) is 24.0 Å². The van der Waals surface area contributed by atoms with Crippen LogP contribution in [0.15, 0.2) is 47.6 Å². The molecule has 0 aliphatic carbocycles. The van der Waals surface area contributed by atoms with Gasteiger partial charge in [0.25, 0.3) is 0 Å². The number of anilines is 1. The lowest BCUT2D eigenvalue weighted by Gasteiger charge is -2.05. The summed E-state index contributed by atoms with van der Waals surface area (Å²) in [5.41, 5.74) is 4.34. The van der Waals surface area contributed by atoms with Crippen LogP contribution in [0, 0.1) is 6.92 Å². The van der Waals surface area contributed by atoms with Crippen molar-refractivity contribution in [2.45, 2.75) is 19.8 Å². The number of benzene rings is 2. The van der Waals surface area contributed by atoms with E-state index in [-0.39, 0.29) is 30.2 Å². The average molecular weight is 341 g/mol. The van der Waals surface area contributed by atoms with Gasteiger partial charge in [0.2, 0.25) is 11.8 Å². The molecule has 0 unspecified atom stereocenters.